The van der Waals surface area contributed by atoms with Crippen LogP contribution in [0.2, 0.25) is 0 Å². The summed E-state index contributed by atoms with van der Waals surface area (Å²) in [5.41, 5.74) is 2.68. The number of halogens is 1. The van der Waals surface area contributed by atoms with Gasteiger partial charge in [0.2, 0.25) is 5.91 Å². The van der Waals surface area contributed by atoms with Crippen LogP contribution in [-0.4, -0.2) is 58.0 Å². The van der Waals surface area contributed by atoms with Crippen LogP contribution in [0.25, 0.3) is 11.1 Å². The summed E-state index contributed by atoms with van der Waals surface area (Å²) in [6.07, 6.45) is 3.72. The van der Waals surface area contributed by atoms with Crippen LogP contribution in [0.15, 0.2) is 73.4 Å². The van der Waals surface area contributed by atoms with Gasteiger partial charge in [-0.15, -0.1) is 6.58 Å². The van der Waals surface area contributed by atoms with E-state index in [2.05, 4.69) is 16.8 Å². The smallest absolute Gasteiger partial charge is 0.271 e. The fourth-order valence-corrected chi connectivity index (χ4v) is 4.06. The minimum absolute atomic E-state index is 0.00277. The Morgan fingerprint density at radius 3 is 2.62 bits per heavy atom. The first-order valence-corrected chi connectivity index (χ1v) is 10.6. The van der Waals surface area contributed by atoms with Crippen molar-refractivity contribution in [1.29, 1.82) is 0 Å². The van der Waals surface area contributed by atoms with Crippen LogP contribution in [0.1, 0.15) is 16.1 Å². The van der Waals surface area contributed by atoms with E-state index in [1.165, 1.54) is 12.3 Å². The largest absolute Gasteiger partial charge is 0.337 e. The molecule has 32 heavy (non-hydrogen) atoms. The molecule has 2 amide bonds. The Balaban J connectivity index is 1.55. The Morgan fingerprint density at radius 2 is 1.94 bits per heavy atom. The van der Waals surface area contributed by atoms with Crippen LogP contribution >= 0.6 is 0 Å². The van der Waals surface area contributed by atoms with Crippen molar-refractivity contribution in [1.82, 2.24) is 20.0 Å². The molecule has 6 nitrogen and oxygen atoms in total. The zero-order valence-corrected chi connectivity index (χ0v) is 17.7. The SMILES string of the molecule is C=CCN1CCN(C(=O)c2ccn[nH]2)CC(Cc2ccc(-c3ccccc3F)cc2)C1=O. The van der Waals surface area contributed by atoms with Gasteiger partial charge in [-0.1, -0.05) is 48.5 Å². The lowest BCUT2D eigenvalue weighted by molar-refractivity contribution is -0.134. The van der Waals surface area contributed by atoms with Crippen LogP contribution < -0.4 is 0 Å². The quantitative estimate of drug-likeness (QED) is 0.606. The predicted octanol–water partition coefficient (Wildman–Crippen LogP) is 3.55. The maximum Gasteiger partial charge on any atom is 0.271 e. The van der Waals surface area contributed by atoms with E-state index < -0.39 is 0 Å². The summed E-state index contributed by atoms with van der Waals surface area (Å²) >= 11 is 0. The second-order valence-corrected chi connectivity index (χ2v) is 7.87. The fraction of sp³-hybridized carbons (Fsp3) is 0.240. The van der Waals surface area contributed by atoms with Crippen molar-refractivity contribution >= 4 is 11.8 Å². The highest BCUT2D eigenvalue weighted by Crippen LogP contribution is 2.24. The van der Waals surface area contributed by atoms with Crippen LogP contribution in [0.5, 0.6) is 0 Å². The van der Waals surface area contributed by atoms with Gasteiger partial charge >= 0.3 is 0 Å². The van der Waals surface area contributed by atoms with Crippen LogP contribution in [0.3, 0.4) is 0 Å². The Morgan fingerprint density at radius 1 is 1.16 bits per heavy atom. The summed E-state index contributed by atoms with van der Waals surface area (Å²) < 4.78 is 14.1. The molecule has 164 valence electrons. The summed E-state index contributed by atoms with van der Waals surface area (Å²) in [7, 11) is 0. The standard InChI is InChI=1S/C25H25FN4O2/c1-2-13-29-14-15-30(25(32)23-11-12-27-28-23)17-20(24(29)31)16-18-7-9-19(10-8-18)21-5-3-4-6-22(21)26/h2-12,20H,1,13-17H2,(H,27,28). The third kappa shape index (κ3) is 4.61. The fourth-order valence-electron chi connectivity index (χ4n) is 4.06. The monoisotopic (exact) mass is 432 g/mol. The Kier molecular flexibility index (Phi) is 6.44. The second-order valence-electron chi connectivity index (χ2n) is 7.87. The molecule has 1 aliphatic heterocycles. The van der Waals surface area contributed by atoms with Gasteiger partial charge in [0.15, 0.2) is 0 Å². The molecule has 1 aromatic heterocycles. The van der Waals surface area contributed by atoms with E-state index >= 15 is 0 Å². The van der Waals surface area contributed by atoms with Crippen molar-refractivity contribution in [3.63, 3.8) is 0 Å². The van der Waals surface area contributed by atoms with Gasteiger partial charge in [0.05, 0.1) is 5.92 Å². The molecular weight excluding hydrogens is 407 g/mol. The number of carbonyl (C=O) groups excluding carboxylic acids is 2. The van der Waals surface area contributed by atoms with E-state index in [0.717, 1.165) is 11.1 Å². The number of carbonyl (C=O) groups is 2. The number of amides is 2. The highest BCUT2D eigenvalue weighted by atomic mass is 19.1. The van der Waals surface area contributed by atoms with Crippen molar-refractivity contribution in [3.8, 4) is 11.1 Å². The number of benzene rings is 2. The van der Waals surface area contributed by atoms with Crippen LogP contribution in [-0.2, 0) is 11.2 Å². The molecule has 2 heterocycles. The molecule has 1 N–H and O–H groups in total. The van der Waals surface area contributed by atoms with Crippen molar-refractivity contribution in [2.45, 2.75) is 6.42 Å². The molecule has 7 heteroatoms. The molecule has 4 rings (SSSR count). The van der Waals surface area contributed by atoms with Gasteiger partial charge in [-0.3, -0.25) is 14.7 Å². The molecule has 1 saturated heterocycles. The van der Waals surface area contributed by atoms with Crippen molar-refractivity contribution in [2.75, 3.05) is 26.2 Å². The van der Waals surface area contributed by atoms with E-state index in [4.69, 9.17) is 0 Å². The summed E-state index contributed by atoms with van der Waals surface area (Å²) in [6, 6.07) is 15.8. The first kappa shape index (κ1) is 21.5. The number of aromatic nitrogens is 2. The summed E-state index contributed by atoms with van der Waals surface area (Å²) in [6.45, 7) is 5.40. The minimum Gasteiger partial charge on any atom is -0.337 e. The molecule has 1 fully saturated rings. The average molecular weight is 432 g/mol. The van der Waals surface area contributed by atoms with Gasteiger partial charge in [-0.2, -0.15) is 5.10 Å². The molecule has 0 bridgehead atoms. The molecule has 0 radical (unpaired) electrons. The van der Waals surface area contributed by atoms with E-state index in [1.807, 2.05) is 24.3 Å². The van der Waals surface area contributed by atoms with Crippen molar-refractivity contribution in [2.24, 2.45) is 5.92 Å². The molecule has 0 saturated carbocycles. The van der Waals surface area contributed by atoms with Gasteiger partial charge in [-0.05, 0) is 29.7 Å². The number of hydrogen-bond acceptors (Lipinski definition) is 3. The van der Waals surface area contributed by atoms with Gasteiger partial charge < -0.3 is 9.80 Å². The topological polar surface area (TPSA) is 69.3 Å². The first-order chi connectivity index (χ1) is 15.6. The number of nitrogens with one attached hydrogen (secondary N) is 1. The molecule has 2 aromatic carbocycles. The molecule has 0 aliphatic carbocycles. The second kappa shape index (κ2) is 9.60. The van der Waals surface area contributed by atoms with Gasteiger partial charge in [0, 0.05) is 37.9 Å². The summed E-state index contributed by atoms with van der Waals surface area (Å²) in [4.78, 5) is 29.5. The van der Waals surface area contributed by atoms with Gasteiger partial charge in [0.1, 0.15) is 11.5 Å². The highest BCUT2D eigenvalue weighted by Gasteiger charge is 2.32. The van der Waals surface area contributed by atoms with Crippen molar-refractivity contribution < 1.29 is 14.0 Å². The third-order valence-corrected chi connectivity index (χ3v) is 5.73. The Hall–Kier alpha value is -3.74. The number of nitrogens with zero attached hydrogens (tertiary/aromatic N) is 3. The molecule has 1 atom stereocenters. The lowest BCUT2D eigenvalue weighted by Gasteiger charge is -2.23. The maximum absolute atomic E-state index is 14.1. The van der Waals surface area contributed by atoms with E-state index in [-0.39, 0.29) is 23.5 Å². The lowest BCUT2D eigenvalue weighted by atomic mass is 9.95. The number of H-pyrrole nitrogens is 1. The normalized spacial score (nSPS) is 16.7. The molecular formula is C25H25FN4O2. The molecule has 3 aromatic rings. The van der Waals surface area contributed by atoms with E-state index in [0.29, 0.717) is 43.9 Å². The lowest BCUT2D eigenvalue weighted by Crippen LogP contribution is -2.38. The maximum atomic E-state index is 14.1. The first-order valence-electron chi connectivity index (χ1n) is 10.6. The van der Waals surface area contributed by atoms with Crippen LogP contribution in [0, 0.1) is 11.7 Å². The average Bonchev–Trinajstić information content (AvgIpc) is 3.30. The van der Waals surface area contributed by atoms with E-state index in [9.17, 15) is 14.0 Å². The van der Waals surface area contributed by atoms with Crippen molar-refractivity contribution in [3.05, 3.63) is 90.5 Å². The Bertz CT molecular complexity index is 1100. The summed E-state index contributed by atoms with van der Waals surface area (Å²) in [5, 5.41) is 6.56. The van der Waals surface area contributed by atoms with Crippen LogP contribution in [0.4, 0.5) is 4.39 Å². The molecule has 0 spiro atoms. The Labute approximate surface area is 186 Å². The number of rotatable bonds is 6. The third-order valence-electron chi connectivity index (χ3n) is 5.73. The zero-order valence-electron chi connectivity index (χ0n) is 17.7. The highest BCUT2D eigenvalue weighted by molar-refractivity contribution is 5.93. The molecule has 1 aliphatic rings. The zero-order chi connectivity index (χ0) is 22.5. The summed E-state index contributed by atoms with van der Waals surface area (Å²) in [5.74, 6) is -0.825. The van der Waals surface area contributed by atoms with Gasteiger partial charge in [0.25, 0.3) is 5.91 Å². The van der Waals surface area contributed by atoms with E-state index in [1.54, 1.807) is 40.1 Å². The number of hydrogen-bond donors (Lipinski definition) is 1. The minimum atomic E-state index is -0.386. The van der Waals surface area contributed by atoms with Gasteiger partial charge in [-0.25, -0.2) is 4.39 Å². The predicted molar refractivity (Wildman–Crippen MR) is 120 cm³/mol. The number of aromatic amines is 1. The molecule has 1 unspecified atom stereocenters.